The standard InChI is InChI=1S/C6H6O.4C5H5NO.3C5H4O2.2C4H4N2.10C2H6.CH4/c7-6-4-2-1-3-5-6;7-5-1-3-6-4-2-5;7-5-2-1-3-6-4-5;2*7-5-3-1-2-4-6-5;2*6-5-1-3-7-4-2-5;6-5-3-1-2-4-7-5;1-2-6-4-3-5-1;1-2-5-4-6-3-1;10*1-2;/h2-5H,1H2;1-4H,(H,6,7);1-4,7H;2*1-4H,(H,6,7);3*1-4H;2*1-4H;10*1-2H3;1H4. The highest BCUT2D eigenvalue weighted by molar-refractivity contribution is 5.99. The number of carbonyl (C=O) groups excluding carboxylic acids is 1. The molecule has 0 bridgehead atoms. The van der Waals surface area contributed by atoms with Gasteiger partial charge in [-0.05, 0) is 55.0 Å². The number of aromatic amines is 3. The van der Waals surface area contributed by atoms with Crippen molar-refractivity contribution in [3.8, 4) is 5.75 Å². The summed E-state index contributed by atoms with van der Waals surface area (Å²) in [5.74, 6) is 0.314. The molecular weight excluding hydrogens is 1130 g/mol. The van der Waals surface area contributed by atoms with Crippen LogP contribution in [0.15, 0.2) is 288 Å². The Kier molecular flexibility index (Phi) is 124. The van der Waals surface area contributed by atoms with Crippen LogP contribution in [-0.2, 0) is 4.79 Å². The van der Waals surface area contributed by atoms with Gasteiger partial charge in [0.1, 0.15) is 12.1 Å². The number of nitrogens with zero attached hydrogens (tertiary/aromatic N) is 5. The fraction of sp³-hybridized carbons (Fsp3) is 0.314. The third kappa shape index (κ3) is 103. The summed E-state index contributed by atoms with van der Waals surface area (Å²) in [7, 11) is 0. The highest BCUT2D eigenvalue weighted by Crippen LogP contribution is 2.00. The number of aromatic nitrogens is 8. The Hall–Kier alpha value is -10.0. The van der Waals surface area contributed by atoms with E-state index in [9.17, 15) is 33.6 Å². The Balaban J connectivity index is -0.0000000817. The Morgan fingerprint density at radius 2 is 0.742 bits per heavy atom. The van der Waals surface area contributed by atoms with Crippen LogP contribution in [0.4, 0.5) is 0 Å². The van der Waals surface area contributed by atoms with E-state index >= 15 is 0 Å². The first kappa shape index (κ1) is 104. The van der Waals surface area contributed by atoms with Crippen molar-refractivity contribution in [1.82, 2.24) is 39.9 Å². The zero-order chi connectivity index (χ0) is 69.4. The second kappa shape index (κ2) is 106. The van der Waals surface area contributed by atoms with E-state index in [1.54, 1.807) is 135 Å². The zero-order valence-corrected chi connectivity index (χ0v) is 56.1. The first-order chi connectivity index (χ1) is 43.2. The fourth-order valence-electron chi connectivity index (χ4n) is 3.44. The molecule has 0 saturated heterocycles. The second-order valence-electron chi connectivity index (χ2n) is 11.6. The summed E-state index contributed by atoms with van der Waals surface area (Å²) in [6, 6.07) is 27.9. The van der Waals surface area contributed by atoms with Crippen molar-refractivity contribution in [3.63, 3.8) is 0 Å². The minimum Gasteiger partial charge on any atom is -0.506 e. The van der Waals surface area contributed by atoms with E-state index in [0.717, 1.165) is 6.42 Å². The Morgan fingerprint density at radius 1 is 0.371 bits per heavy atom. The largest absolute Gasteiger partial charge is 0.506 e. The summed E-state index contributed by atoms with van der Waals surface area (Å²) in [4.78, 5) is 97.6. The van der Waals surface area contributed by atoms with E-state index in [4.69, 9.17) is 5.11 Å². The average Bonchev–Trinajstić information content (AvgIpc) is 3.63. The van der Waals surface area contributed by atoms with Gasteiger partial charge in [0.15, 0.2) is 22.1 Å². The molecule has 0 radical (unpaired) electrons. The van der Waals surface area contributed by atoms with E-state index < -0.39 is 0 Å². The number of rotatable bonds is 0. The Bertz CT molecular complexity index is 2430. The van der Waals surface area contributed by atoms with Crippen LogP contribution in [0, 0.1) is 0 Å². The quantitative estimate of drug-likeness (QED) is 0.110. The summed E-state index contributed by atoms with van der Waals surface area (Å²) < 4.78 is 13.5. The smallest absolute Gasteiger partial charge is 0.335 e. The first-order valence-corrected chi connectivity index (χ1v) is 29.5. The summed E-state index contributed by atoms with van der Waals surface area (Å²) in [5.41, 5.74) is -0.413. The number of H-pyrrole nitrogens is 3. The molecule has 0 fully saturated rings. The molecule has 0 unspecified atom stereocenters. The van der Waals surface area contributed by atoms with E-state index in [2.05, 4.69) is 53.1 Å². The molecule has 496 valence electrons. The first-order valence-electron chi connectivity index (χ1n) is 29.5. The van der Waals surface area contributed by atoms with Crippen molar-refractivity contribution < 1.29 is 23.2 Å². The molecule has 19 heteroatoms. The molecule has 9 heterocycles. The predicted molar refractivity (Wildman–Crippen MR) is 374 cm³/mol. The van der Waals surface area contributed by atoms with Crippen LogP contribution in [0.3, 0.4) is 0 Å². The number of hydrogen-bond donors (Lipinski definition) is 4. The van der Waals surface area contributed by atoms with Crippen LogP contribution in [0.5, 0.6) is 5.75 Å². The number of carbonyl (C=O) groups is 1. The Morgan fingerprint density at radius 3 is 0.899 bits per heavy atom. The number of allylic oxidation sites excluding steroid dienone is 4. The number of nitrogens with one attached hydrogen (secondary N) is 3. The van der Waals surface area contributed by atoms with Gasteiger partial charge in [0, 0.05) is 123 Å². The fourth-order valence-corrected chi connectivity index (χ4v) is 3.44. The summed E-state index contributed by atoms with van der Waals surface area (Å²) >= 11 is 0. The lowest BCUT2D eigenvalue weighted by atomic mass is 10.2. The molecule has 1 aliphatic carbocycles. The maximum Gasteiger partial charge on any atom is 0.335 e. The van der Waals surface area contributed by atoms with Crippen LogP contribution in [0.25, 0.3) is 0 Å². The minimum atomic E-state index is -0.303. The lowest BCUT2D eigenvalue weighted by Crippen LogP contribution is -1.98. The van der Waals surface area contributed by atoms with Gasteiger partial charge in [0.2, 0.25) is 11.1 Å². The van der Waals surface area contributed by atoms with Crippen LogP contribution < -0.4 is 33.0 Å². The third-order valence-corrected chi connectivity index (χ3v) is 6.34. The Labute approximate surface area is 532 Å². The highest BCUT2D eigenvalue weighted by Gasteiger charge is 1.89. The van der Waals surface area contributed by atoms with Crippen LogP contribution in [-0.4, -0.2) is 50.8 Å². The molecule has 0 amide bonds. The highest BCUT2D eigenvalue weighted by atomic mass is 16.4. The molecule has 0 spiro atoms. The number of ketones is 1. The second-order valence-corrected chi connectivity index (χ2v) is 11.6. The van der Waals surface area contributed by atoms with Crippen LogP contribution >= 0.6 is 0 Å². The van der Waals surface area contributed by atoms with Gasteiger partial charge >= 0.3 is 5.63 Å². The van der Waals surface area contributed by atoms with Crippen LogP contribution in [0.2, 0.25) is 0 Å². The minimum absolute atomic E-state index is 0. The van der Waals surface area contributed by atoms with E-state index in [0.29, 0.717) is 0 Å². The molecule has 9 aromatic rings. The van der Waals surface area contributed by atoms with E-state index in [-0.39, 0.29) is 52.0 Å². The van der Waals surface area contributed by atoms with Crippen molar-refractivity contribution in [2.75, 3.05) is 0 Å². The van der Waals surface area contributed by atoms with Crippen molar-refractivity contribution in [2.24, 2.45) is 0 Å². The van der Waals surface area contributed by atoms with Crippen molar-refractivity contribution in [3.05, 3.63) is 307 Å². The van der Waals surface area contributed by atoms with Gasteiger partial charge in [-0.25, -0.2) is 14.8 Å². The van der Waals surface area contributed by atoms with Gasteiger partial charge in [0.05, 0.1) is 37.5 Å². The van der Waals surface area contributed by atoms with Gasteiger partial charge in [-0.3, -0.25) is 43.7 Å². The third-order valence-electron chi connectivity index (χ3n) is 6.34. The summed E-state index contributed by atoms with van der Waals surface area (Å²) in [5, 5.41) is 8.57. The zero-order valence-electron chi connectivity index (χ0n) is 56.1. The van der Waals surface area contributed by atoms with Crippen molar-refractivity contribution in [2.45, 2.75) is 152 Å². The summed E-state index contributed by atoms with van der Waals surface area (Å²) in [6.45, 7) is 40.0. The van der Waals surface area contributed by atoms with Gasteiger partial charge in [-0.2, -0.15) is 0 Å². The number of aromatic hydroxyl groups is 1. The van der Waals surface area contributed by atoms with Gasteiger partial charge < -0.3 is 33.3 Å². The van der Waals surface area contributed by atoms with Crippen molar-refractivity contribution >= 4 is 5.78 Å². The van der Waals surface area contributed by atoms with Gasteiger partial charge in [0.25, 0.3) is 0 Å². The molecule has 19 nitrogen and oxygen atoms in total. The molecular formula is C70H110N8O11. The average molecular weight is 1240 g/mol. The predicted octanol–water partition coefficient (Wildman–Crippen LogP) is 16.8. The number of pyridine rings is 4. The molecule has 10 rings (SSSR count). The lowest BCUT2D eigenvalue weighted by Gasteiger charge is -1.87. The van der Waals surface area contributed by atoms with Gasteiger partial charge in [-0.1, -0.05) is 176 Å². The van der Waals surface area contributed by atoms with Gasteiger partial charge in [-0.15, -0.1) is 0 Å². The SMILES string of the molecule is C.CC.CC.CC.CC.CC.CC.CC.CC.CC.CC.O=C1C=CCC=C1.O=c1cc[nH]cc1.O=c1cccc[nH]1.O=c1cccc[nH]1.O=c1cccco1.O=c1ccocc1.O=c1ccocc1.Oc1cccnc1.c1cnccn1.c1cncnc1. The monoisotopic (exact) mass is 1240 g/mol. The lowest BCUT2D eigenvalue weighted by molar-refractivity contribution is -0.110. The molecule has 0 atom stereocenters. The molecule has 0 aromatic carbocycles. The molecule has 1 aliphatic rings. The molecule has 4 N–H and O–H groups in total. The van der Waals surface area contributed by atoms with E-state index in [1.807, 2.05) is 151 Å². The molecule has 0 aliphatic heterocycles. The molecule has 9 aromatic heterocycles. The van der Waals surface area contributed by atoms with Crippen molar-refractivity contribution in [1.29, 1.82) is 0 Å². The topological polar surface area (TPSA) is 291 Å². The maximum absolute atomic E-state index is 10.3. The molecule has 0 saturated carbocycles. The normalized spacial score (nSPS) is 7.89. The van der Waals surface area contributed by atoms with E-state index in [1.165, 1.54) is 98.4 Å². The number of hydrogen-bond acceptors (Lipinski definition) is 16. The van der Waals surface area contributed by atoms with Crippen LogP contribution in [0.1, 0.15) is 152 Å². The molecule has 89 heavy (non-hydrogen) atoms. The summed E-state index contributed by atoms with van der Waals surface area (Å²) in [6.07, 6.45) is 35.4. The maximum atomic E-state index is 10.3.